The first-order valence-electron chi connectivity index (χ1n) is 10.4. The van der Waals surface area contributed by atoms with Gasteiger partial charge in [0.2, 0.25) is 0 Å². The molecule has 3 atom stereocenters. The lowest BCUT2D eigenvalue weighted by Crippen LogP contribution is -2.36. The van der Waals surface area contributed by atoms with Crippen LogP contribution in [0.4, 0.5) is 5.69 Å². The van der Waals surface area contributed by atoms with E-state index in [-0.39, 0.29) is 6.10 Å². The van der Waals surface area contributed by atoms with Crippen LogP contribution in [0.5, 0.6) is 0 Å². The van der Waals surface area contributed by atoms with Crippen molar-refractivity contribution in [1.29, 1.82) is 0 Å². The summed E-state index contributed by atoms with van der Waals surface area (Å²) in [5.41, 5.74) is 5.49. The van der Waals surface area contributed by atoms with Crippen LogP contribution in [0.1, 0.15) is 74.3 Å². The molecular formula is C24H31NO. The molecule has 0 bridgehead atoms. The summed E-state index contributed by atoms with van der Waals surface area (Å²) in [6.07, 6.45) is 9.10. The summed E-state index contributed by atoms with van der Waals surface area (Å²) in [6.45, 7) is 3.16. The van der Waals surface area contributed by atoms with Crippen molar-refractivity contribution in [3.8, 4) is 0 Å². The van der Waals surface area contributed by atoms with E-state index in [0.29, 0.717) is 12.0 Å². The van der Waals surface area contributed by atoms with Crippen molar-refractivity contribution < 1.29 is 4.74 Å². The highest BCUT2D eigenvalue weighted by Gasteiger charge is 2.39. The van der Waals surface area contributed by atoms with Gasteiger partial charge in [0.15, 0.2) is 0 Å². The molecule has 26 heavy (non-hydrogen) atoms. The van der Waals surface area contributed by atoms with Crippen LogP contribution in [0.2, 0.25) is 0 Å². The normalized spacial score (nSPS) is 24.4. The summed E-state index contributed by atoms with van der Waals surface area (Å²) >= 11 is 0. The predicted octanol–water partition coefficient (Wildman–Crippen LogP) is 6.44. The first-order valence-corrected chi connectivity index (χ1v) is 10.4. The van der Waals surface area contributed by atoms with E-state index < -0.39 is 0 Å². The topological polar surface area (TPSA) is 21.3 Å². The molecule has 1 N–H and O–H groups in total. The minimum atomic E-state index is 0.237. The Morgan fingerprint density at radius 1 is 1.04 bits per heavy atom. The maximum Gasteiger partial charge on any atom is 0.0895 e. The summed E-state index contributed by atoms with van der Waals surface area (Å²) in [5.74, 6) is 0.522. The number of rotatable bonds is 6. The first kappa shape index (κ1) is 17.6. The predicted molar refractivity (Wildman–Crippen MR) is 109 cm³/mol. The van der Waals surface area contributed by atoms with E-state index in [1.165, 1.54) is 60.9 Å². The SMILES string of the molecule is CCCCCCc1ccc2c(c1)[C@H]1OCCC[C@H]1[C@H](c1ccccc1)N2. The molecule has 4 rings (SSSR count). The molecule has 0 amide bonds. The third-order valence-electron chi connectivity index (χ3n) is 6.01. The molecule has 0 aliphatic carbocycles. The second-order valence-electron chi connectivity index (χ2n) is 7.86. The largest absolute Gasteiger partial charge is 0.378 e. The summed E-state index contributed by atoms with van der Waals surface area (Å²) in [6, 6.07) is 18.2. The maximum atomic E-state index is 6.32. The third-order valence-corrected chi connectivity index (χ3v) is 6.01. The summed E-state index contributed by atoms with van der Waals surface area (Å²) in [5, 5.41) is 3.84. The van der Waals surface area contributed by atoms with Crippen molar-refractivity contribution in [3.05, 3.63) is 65.2 Å². The smallest absolute Gasteiger partial charge is 0.0895 e. The Labute approximate surface area is 158 Å². The van der Waals surface area contributed by atoms with Crippen LogP contribution >= 0.6 is 0 Å². The van der Waals surface area contributed by atoms with Crippen LogP contribution in [0.25, 0.3) is 0 Å². The minimum Gasteiger partial charge on any atom is -0.378 e. The van der Waals surface area contributed by atoms with Crippen molar-refractivity contribution in [2.24, 2.45) is 5.92 Å². The van der Waals surface area contributed by atoms with Crippen LogP contribution in [-0.2, 0) is 11.2 Å². The van der Waals surface area contributed by atoms with Gasteiger partial charge in [-0.3, -0.25) is 0 Å². The van der Waals surface area contributed by atoms with Gasteiger partial charge in [0, 0.05) is 23.8 Å². The van der Waals surface area contributed by atoms with E-state index in [4.69, 9.17) is 4.74 Å². The van der Waals surface area contributed by atoms with Gasteiger partial charge < -0.3 is 10.1 Å². The van der Waals surface area contributed by atoms with Gasteiger partial charge in [-0.15, -0.1) is 0 Å². The lowest BCUT2D eigenvalue weighted by atomic mass is 9.77. The average molecular weight is 350 g/mol. The van der Waals surface area contributed by atoms with Crippen LogP contribution in [0, 0.1) is 5.92 Å². The highest BCUT2D eigenvalue weighted by Crippen LogP contribution is 2.49. The molecule has 2 aromatic rings. The zero-order chi connectivity index (χ0) is 17.8. The van der Waals surface area contributed by atoms with Crippen molar-refractivity contribution in [2.45, 2.75) is 64.0 Å². The van der Waals surface area contributed by atoms with Gasteiger partial charge in [-0.05, 0) is 42.9 Å². The number of hydrogen-bond donors (Lipinski definition) is 1. The number of hydrogen-bond acceptors (Lipinski definition) is 2. The quantitative estimate of drug-likeness (QED) is 0.606. The van der Waals surface area contributed by atoms with Crippen molar-refractivity contribution >= 4 is 5.69 Å². The van der Waals surface area contributed by atoms with E-state index in [0.717, 1.165) is 13.0 Å². The van der Waals surface area contributed by atoms with Gasteiger partial charge in [-0.1, -0.05) is 68.7 Å². The van der Waals surface area contributed by atoms with Crippen molar-refractivity contribution in [1.82, 2.24) is 0 Å². The molecule has 2 heteroatoms. The standard InChI is InChI=1S/C24H31NO/c1-2-3-4-6-10-18-14-15-22-21(17-18)24-20(13-9-16-26-24)23(25-22)19-11-7-5-8-12-19/h5,7-8,11-12,14-15,17,20,23-25H,2-4,6,9-10,13,16H2,1H3/t20-,23-,24-/m0/s1. The number of unbranched alkanes of at least 4 members (excludes halogenated alkanes) is 3. The molecule has 2 heterocycles. The molecular weight excluding hydrogens is 318 g/mol. The van der Waals surface area contributed by atoms with Crippen LogP contribution < -0.4 is 5.32 Å². The van der Waals surface area contributed by atoms with E-state index in [1.807, 2.05) is 0 Å². The molecule has 2 aliphatic rings. The summed E-state index contributed by atoms with van der Waals surface area (Å²) < 4.78 is 6.32. The Bertz CT molecular complexity index is 711. The highest BCUT2D eigenvalue weighted by molar-refractivity contribution is 5.58. The van der Waals surface area contributed by atoms with Gasteiger partial charge in [0.1, 0.15) is 0 Å². The monoisotopic (exact) mass is 349 g/mol. The highest BCUT2D eigenvalue weighted by atomic mass is 16.5. The zero-order valence-corrected chi connectivity index (χ0v) is 15.9. The van der Waals surface area contributed by atoms with Crippen LogP contribution in [-0.4, -0.2) is 6.61 Å². The molecule has 0 spiro atoms. The summed E-state index contributed by atoms with van der Waals surface area (Å²) in [7, 11) is 0. The van der Waals surface area contributed by atoms with E-state index in [9.17, 15) is 0 Å². The molecule has 0 radical (unpaired) electrons. The molecule has 2 nitrogen and oxygen atoms in total. The van der Waals surface area contributed by atoms with Gasteiger partial charge in [-0.25, -0.2) is 0 Å². The number of anilines is 1. The average Bonchev–Trinajstić information content (AvgIpc) is 2.71. The maximum absolute atomic E-state index is 6.32. The molecule has 0 unspecified atom stereocenters. The Kier molecular flexibility index (Phi) is 5.59. The molecule has 1 saturated heterocycles. The Balaban J connectivity index is 1.58. The van der Waals surface area contributed by atoms with Gasteiger partial charge >= 0.3 is 0 Å². The number of benzene rings is 2. The van der Waals surface area contributed by atoms with E-state index in [1.54, 1.807) is 0 Å². The fourth-order valence-electron chi connectivity index (χ4n) is 4.62. The Morgan fingerprint density at radius 3 is 2.77 bits per heavy atom. The second-order valence-corrected chi connectivity index (χ2v) is 7.86. The van der Waals surface area contributed by atoms with Crippen LogP contribution in [0.15, 0.2) is 48.5 Å². The summed E-state index contributed by atoms with van der Waals surface area (Å²) in [4.78, 5) is 0. The van der Waals surface area contributed by atoms with E-state index >= 15 is 0 Å². The molecule has 2 aliphatic heterocycles. The number of nitrogens with one attached hydrogen (secondary N) is 1. The molecule has 2 aromatic carbocycles. The van der Waals surface area contributed by atoms with Crippen molar-refractivity contribution in [3.63, 3.8) is 0 Å². The molecule has 1 fully saturated rings. The number of aryl methyl sites for hydroxylation is 1. The first-order chi connectivity index (χ1) is 12.9. The van der Waals surface area contributed by atoms with E-state index in [2.05, 4.69) is 60.8 Å². The molecule has 0 aromatic heterocycles. The molecule has 0 saturated carbocycles. The lowest BCUT2D eigenvalue weighted by Gasteiger charge is -2.43. The minimum absolute atomic E-state index is 0.237. The van der Waals surface area contributed by atoms with Crippen molar-refractivity contribution in [2.75, 3.05) is 11.9 Å². The zero-order valence-electron chi connectivity index (χ0n) is 15.9. The Hall–Kier alpha value is -1.80. The third kappa shape index (κ3) is 3.66. The van der Waals surface area contributed by atoms with Crippen LogP contribution in [0.3, 0.4) is 0 Å². The second kappa shape index (κ2) is 8.26. The van der Waals surface area contributed by atoms with Gasteiger partial charge in [0.05, 0.1) is 12.1 Å². The molecule has 138 valence electrons. The van der Waals surface area contributed by atoms with Gasteiger partial charge in [0.25, 0.3) is 0 Å². The fourth-order valence-corrected chi connectivity index (χ4v) is 4.62. The number of ether oxygens (including phenoxy) is 1. The van der Waals surface area contributed by atoms with Gasteiger partial charge in [-0.2, -0.15) is 0 Å². The lowest BCUT2D eigenvalue weighted by molar-refractivity contribution is -0.0381. The fraction of sp³-hybridized carbons (Fsp3) is 0.500. The Morgan fingerprint density at radius 2 is 1.92 bits per heavy atom. The number of fused-ring (bicyclic) bond motifs is 3.